The molecule has 1 aliphatic heterocycles. The summed E-state index contributed by atoms with van der Waals surface area (Å²) in [6.45, 7) is 0.0814. The van der Waals surface area contributed by atoms with Crippen molar-refractivity contribution in [3.8, 4) is 0 Å². The number of carboxylic acids is 1. The number of hydrogen-bond donors (Lipinski definition) is 1. The number of carbonyl (C=O) groups is 2. The Kier molecular flexibility index (Phi) is 6.60. The van der Waals surface area contributed by atoms with Gasteiger partial charge in [-0.25, -0.2) is 13.2 Å². The van der Waals surface area contributed by atoms with E-state index in [1.807, 2.05) is 60.7 Å². The van der Waals surface area contributed by atoms with Crippen LogP contribution in [-0.2, 0) is 19.4 Å². The molecule has 1 N–H and O–H groups in total. The van der Waals surface area contributed by atoms with E-state index in [2.05, 4.69) is 0 Å². The Morgan fingerprint density at radius 3 is 1.82 bits per heavy atom. The van der Waals surface area contributed by atoms with E-state index in [0.717, 1.165) is 11.1 Å². The molecule has 0 bridgehead atoms. The summed E-state index contributed by atoms with van der Waals surface area (Å²) in [4.78, 5) is 27.4. The van der Waals surface area contributed by atoms with Crippen LogP contribution in [0.1, 0.15) is 23.5 Å². The van der Waals surface area contributed by atoms with Gasteiger partial charge in [0, 0.05) is 6.54 Å². The van der Waals surface area contributed by atoms with Crippen molar-refractivity contribution in [2.75, 3.05) is 12.3 Å². The average molecular weight is 464 g/mol. The van der Waals surface area contributed by atoms with E-state index in [9.17, 15) is 23.1 Å². The molecular formula is C26H25NO5S. The molecule has 170 valence electrons. The number of aliphatic carboxylic acids is 1. The average Bonchev–Trinajstić information content (AvgIpc) is 3.25. The van der Waals surface area contributed by atoms with Crippen LogP contribution in [0.25, 0.3) is 0 Å². The normalized spacial score (nSPS) is 18.4. The molecule has 1 fully saturated rings. The lowest BCUT2D eigenvalue weighted by atomic mass is 9.90. The Hall–Kier alpha value is -3.45. The lowest BCUT2D eigenvalue weighted by Gasteiger charge is -2.27. The molecule has 4 rings (SSSR count). The highest BCUT2D eigenvalue weighted by Gasteiger charge is 2.43. The van der Waals surface area contributed by atoms with Gasteiger partial charge >= 0.3 is 5.97 Å². The maximum atomic E-state index is 13.8. The second-order valence-corrected chi connectivity index (χ2v) is 10.3. The number of benzene rings is 3. The first kappa shape index (κ1) is 22.7. The molecule has 1 amide bonds. The van der Waals surface area contributed by atoms with Gasteiger partial charge in [0.05, 0.1) is 16.6 Å². The molecule has 0 saturated carbocycles. The Labute approximate surface area is 193 Å². The fourth-order valence-electron chi connectivity index (χ4n) is 4.49. The van der Waals surface area contributed by atoms with Gasteiger partial charge in [-0.2, -0.15) is 0 Å². The lowest BCUT2D eigenvalue weighted by molar-refractivity contribution is -0.148. The molecule has 2 atom stereocenters. The van der Waals surface area contributed by atoms with Crippen LogP contribution in [0.15, 0.2) is 95.9 Å². The number of carbonyl (C=O) groups excluding carboxylic acids is 1. The third-order valence-electron chi connectivity index (χ3n) is 6.03. The molecule has 0 radical (unpaired) electrons. The predicted molar refractivity (Wildman–Crippen MR) is 124 cm³/mol. The second kappa shape index (κ2) is 9.58. The maximum absolute atomic E-state index is 13.8. The first-order valence-corrected chi connectivity index (χ1v) is 12.4. The topological polar surface area (TPSA) is 91.8 Å². The summed E-state index contributed by atoms with van der Waals surface area (Å²) in [5.74, 6) is -2.79. The summed E-state index contributed by atoms with van der Waals surface area (Å²) in [7, 11) is -3.60. The summed E-state index contributed by atoms with van der Waals surface area (Å²) in [6, 6.07) is 25.5. The zero-order chi connectivity index (χ0) is 23.4. The number of sulfone groups is 1. The summed E-state index contributed by atoms with van der Waals surface area (Å²) in [5.41, 5.74) is 1.52. The zero-order valence-electron chi connectivity index (χ0n) is 17.9. The highest BCUT2D eigenvalue weighted by atomic mass is 32.2. The Morgan fingerprint density at radius 2 is 1.33 bits per heavy atom. The molecular weight excluding hydrogens is 438 g/mol. The van der Waals surface area contributed by atoms with Gasteiger partial charge in [0.1, 0.15) is 6.04 Å². The number of rotatable bonds is 7. The van der Waals surface area contributed by atoms with E-state index in [0.29, 0.717) is 0 Å². The minimum Gasteiger partial charge on any atom is -0.480 e. The third-order valence-corrected chi connectivity index (χ3v) is 7.93. The van der Waals surface area contributed by atoms with Crippen molar-refractivity contribution in [3.05, 3.63) is 102 Å². The van der Waals surface area contributed by atoms with Gasteiger partial charge in [0.2, 0.25) is 5.91 Å². The van der Waals surface area contributed by atoms with E-state index in [1.54, 1.807) is 18.2 Å². The van der Waals surface area contributed by atoms with Crippen molar-refractivity contribution in [2.45, 2.75) is 23.3 Å². The molecule has 0 aliphatic carbocycles. The molecule has 1 heterocycles. The molecule has 3 aromatic carbocycles. The van der Waals surface area contributed by atoms with Gasteiger partial charge in [0.15, 0.2) is 9.84 Å². The summed E-state index contributed by atoms with van der Waals surface area (Å²) >= 11 is 0. The Balaban J connectivity index is 1.63. The smallest absolute Gasteiger partial charge is 0.326 e. The van der Waals surface area contributed by atoms with E-state index >= 15 is 0 Å². The first-order valence-electron chi connectivity index (χ1n) is 10.8. The van der Waals surface area contributed by atoms with E-state index in [1.165, 1.54) is 17.0 Å². The molecule has 0 spiro atoms. The van der Waals surface area contributed by atoms with Crippen molar-refractivity contribution in [1.29, 1.82) is 0 Å². The van der Waals surface area contributed by atoms with Crippen LogP contribution in [0.3, 0.4) is 0 Å². The van der Waals surface area contributed by atoms with Crippen LogP contribution in [0.4, 0.5) is 0 Å². The van der Waals surface area contributed by atoms with Crippen LogP contribution < -0.4 is 0 Å². The van der Waals surface area contributed by atoms with Gasteiger partial charge < -0.3 is 10.0 Å². The van der Waals surface area contributed by atoms with Crippen LogP contribution in [0.2, 0.25) is 0 Å². The molecule has 1 aliphatic rings. The van der Waals surface area contributed by atoms with Gasteiger partial charge in [-0.3, -0.25) is 4.79 Å². The van der Waals surface area contributed by atoms with Gasteiger partial charge in [-0.05, 0) is 35.6 Å². The van der Waals surface area contributed by atoms with Gasteiger partial charge in [-0.1, -0.05) is 78.9 Å². The van der Waals surface area contributed by atoms with Crippen molar-refractivity contribution >= 4 is 21.7 Å². The molecule has 1 saturated heterocycles. The maximum Gasteiger partial charge on any atom is 0.326 e. The van der Waals surface area contributed by atoms with Crippen molar-refractivity contribution in [1.82, 2.24) is 4.90 Å². The monoisotopic (exact) mass is 463 g/mol. The van der Waals surface area contributed by atoms with E-state index < -0.39 is 33.7 Å². The molecule has 3 aromatic rings. The predicted octanol–water partition coefficient (Wildman–Crippen LogP) is 3.59. The number of carboxylic acid groups (broad SMARTS) is 1. The van der Waals surface area contributed by atoms with Crippen LogP contribution in [-0.4, -0.2) is 48.6 Å². The first-order chi connectivity index (χ1) is 15.9. The van der Waals surface area contributed by atoms with Gasteiger partial charge in [-0.15, -0.1) is 0 Å². The van der Waals surface area contributed by atoms with E-state index in [-0.39, 0.29) is 29.5 Å². The highest BCUT2D eigenvalue weighted by Crippen LogP contribution is 2.33. The molecule has 2 unspecified atom stereocenters. The quantitative estimate of drug-likeness (QED) is 0.578. The summed E-state index contributed by atoms with van der Waals surface area (Å²) in [6.07, 6.45) is 0.101. The lowest BCUT2D eigenvalue weighted by Crippen LogP contribution is -2.43. The second-order valence-electron chi connectivity index (χ2n) is 8.30. The number of hydrogen-bond acceptors (Lipinski definition) is 4. The van der Waals surface area contributed by atoms with Crippen molar-refractivity contribution in [2.24, 2.45) is 5.92 Å². The number of amides is 1. The third kappa shape index (κ3) is 4.98. The minimum atomic E-state index is -3.60. The SMILES string of the molecule is O=C(O)C1CC(CS(=O)(=O)c2ccccc2)CN1C(=O)C(c1ccccc1)c1ccccc1. The Bertz CT molecular complexity index is 1170. The summed E-state index contributed by atoms with van der Waals surface area (Å²) in [5, 5.41) is 9.85. The Morgan fingerprint density at radius 1 is 0.848 bits per heavy atom. The number of likely N-dealkylation sites (tertiary alicyclic amines) is 1. The standard InChI is InChI=1S/C26H25NO5S/c28-25(24(20-10-4-1-5-11-20)21-12-6-2-7-13-21)27-17-19(16-23(27)26(29)30)18-33(31,32)22-14-8-3-9-15-22/h1-15,19,23-24H,16-18H2,(H,29,30). The summed E-state index contributed by atoms with van der Waals surface area (Å²) < 4.78 is 25.7. The zero-order valence-corrected chi connectivity index (χ0v) is 18.8. The highest BCUT2D eigenvalue weighted by molar-refractivity contribution is 7.91. The fourth-order valence-corrected chi connectivity index (χ4v) is 6.12. The molecule has 7 heteroatoms. The molecule has 6 nitrogen and oxygen atoms in total. The molecule has 33 heavy (non-hydrogen) atoms. The fraction of sp³-hybridized carbons (Fsp3) is 0.231. The number of nitrogens with zero attached hydrogens (tertiary/aromatic N) is 1. The largest absolute Gasteiger partial charge is 0.480 e. The van der Waals surface area contributed by atoms with Crippen molar-refractivity contribution < 1.29 is 23.1 Å². The van der Waals surface area contributed by atoms with Crippen molar-refractivity contribution in [3.63, 3.8) is 0 Å². The molecule has 0 aromatic heterocycles. The van der Waals surface area contributed by atoms with Gasteiger partial charge in [0.25, 0.3) is 0 Å². The van der Waals surface area contributed by atoms with E-state index in [4.69, 9.17) is 0 Å². The minimum absolute atomic E-state index is 0.0814. The van der Waals surface area contributed by atoms with Crippen LogP contribution >= 0.6 is 0 Å². The van der Waals surface area contributed by atoms with Crippen LogP contribution in [0.5, 0.6) is 0 Å². The van der Waals surface area contributed by atoms with Crippen LogP contribution in [0, 0.1) is 5.92 Å².